The molecule has 1 heterocycles. The smallest absolute Gasteiger partial charge is 0.270 e. The van der Waals surface area contributed by atoms with Crippen LogP contribution in [0.2, 0.25) is 0 Å². The van der Waals surface area contributed by atoms with E-state index in [1.807, 2.05) is 30.3 Å². The van der Waals surface area contributed by atoms with E-state index in [9.17, 15) is 24.5 Å². The Morgan fingerprint density at radius 3 is 2.39 bits per heavy atom. The second-order valence-corrected chi connectivity index (χ2v) is 7.11. The van der Waals surface area contributed by atoms with Crippen molar-refractivity contribution in [2.24, 2.45) is 0 Å². The fourth-order valence-electron chi connectivity index (χ4n) is 3.51. The first-order valence-corrected chi connectivity index (χ1v) is 8.88. The lowest BCUT2D eigenvalue weighted by Gasteiger charge is -2.18. The zero-order valence-electron chi connectivity index (χ0n) is 14.9. The van der Waals surface area contributed by atoms with Gasteiger partial charge < -0.3 is 5.32 Å². The van der Waals surface area contributed by atoms with Gasteiger partial charge in [-0.3, -0.25) is 29.4 Å². The lowest BCUT2D eigenvalue weighted by atomic mass is 9.96. The number of fused-ring (bicyclic) bond motifs is 1. The van der Waals surface area contributed by atoms with E-state index in [1.165, 1.54) is 12.1 Å². The zero-order valence-corrected chi connectivity index (χ0v) is 14.9. The van der Waals surface area contributed by atoms with Crippen molar-refractivity contribution in [2.75, 3.05) is 13.1 Å². The quantitative estimate of drug-likeness (QED) is 0.469. The van der Waals surface area contributed by atoms with Gasteiger partial charge in [-0.15, -0.1) is 0 Å². The largest absolute Gasteiger partial charge is 0.354 e. The maximum atomic E-state index is 12.5. The maximum absolute atomic E-state index is 12.5. The third kappa shape index (κ3) is 3.02. The number of hydrogen-bond donors (Lipinski definition) is 1. The van der Waals surface area contributed by atoms with Crippen molar-refractivity contribution in [1.82, 2.24) is 10.2 Å². The van der Waals surface area contributed by atoms with Gasteiger partial charge in [-0.05, 0) is 24.5 Å². The molecule has 1 fully saturated rings. The van der Waals surface area contributed by atoms with Gasteiger partial charge in [0.1, 0.15) is 6.54 Å². The highest BCUT2D eigenvalue weighted by atomic mass is 16.6. The summed E-state index contributed by atoms with van der Waals surface area (Å²) in [6.45, 7) is 0.0233. The first-order chi connectivity index (χ1) is 13.4. The molecule has 0 spiro atoms. The first kappa shape index (κ1) is 17.8. The lowest BCUT2D eigenvalue weighted by Crippen LogP contribution is -2.42. The predicted octanol–water partition coefficient (Wildman–Crippen LogP) is 2.04. The number of imide groups is 1. The normalized spacial score (nSPS) is 16.6. The SMILES string of the molecule is O=C(CN1C(=O)c2ccc([N+](=O)[O-])cc2C1=O)NCC1(c2ccccc2)CC1. The summed E-state index contributed by atoms with van der Waals surface area (Å²) in [5.74, 6) is -1.75. The van der Waals surface area contributed by atoms with Gasteiger partial charge in [0.2, 0.25) is 5.91 Å². The van der Waals surface area contributed by atoms with Crippen molar-refractivity contribution in [3.05, 3.63) is 75.3 Å². The number of hydrogen-bond acceptors (Lipinski definition) is 5. The Kier molecular flexibility index (Phi) is 4.18. The zero-order chi connectivity index (χ0) is 19.9. The van der Waals surface area contributed by atoms with Gasteiger partial charge in [-0.25, -0.2) is 0 Å². The lowest BCUT2D eigenvalue weighted by molar-refractivity contribution is -0.384. The third-order valence-corrected chi connectivity index (χ3v) is 5.33. The number of nitrogens with zero attached hydrogens (tertiary/aromatic N) is 2. The molecule has 8 heteroatoms. The van der Waals surface area contributed by atoms with Crippen LogP contribution in [0, 0.1) is 10.1 Å². The second-order valence-electron chi connectivity index (χ2n) is 7.11. The molecule has 0 atom stereocenters. The first-order valence-electron chi connectivity index (χ1n) is 8.88. The maximum Gasteiger partial charge on any atom is 0.270 e. The molecule has 2 aromatic carbocycles. The molecule has 142 valence electrons. The number of nitro benzene ring substituents is 1. The highest BCUT2D eigenvalue weighted by Gasteiger charge is 2.44. The number of non-ortho nitro benzene ring substituents is 1. The fourth-order valence-corrected chi connectivity index (χ4v) is 3.51. The summed E-state index contributed by atoms with van der Waals surface area (Å²) in [5.41, 5.74) is 0.828. The van der Waals surface area contributed by atoms with E-state index in [0.29, 0.717) is 6.54 Å². The number of benzene rings is 2. The molecule has 1 N–H and O–H groups in total. The molecule has 0 aromatic heterocycles. The van der Waals surface area contributed by atoms with E-state index in [1.54, 1.807) is 0 Å². The molecule has 0 radical (unpaired) electrons. The Labute approximate surface area is 160 Å². The van der Waals surface area contributed by atoms with E-state index < -0.39 is 29.2 Å². The van der Waals surface area contributed by atoms with Crippen LogP contribution in [0.15, 0.2) is 48.5 Å². The molecule has 1 aliphatic heterocycles. The van der Waals surface area contributed by atoms with Crippen LogP contribution >= 0.6 is 0 Å². The summed E-state index contributed by atoms with van der Waals surface area (Å²) in [6, 6.07) is 13.4. The molecular formula is C20H17N3O5. The van der Waals surface area contributed by atoms with Crippen molar-refractivity contribution in [3.63, 3.8) is 0 Å². The van der Waals surface area contributed by atoms with Crippen molar-refractivity contribution >= 4 is 23.4 Å². The summed E-state index contributed by atoms with van der Waals surface area (Å²) < 4.78 is 0. The number of rotatable bonds is 6. The molecule has 0 saturated heterocycles. The molecule has 2 aliphatic rings. The second kappa shape index (κ2) is 6.56. The Morgan fingerprint density at radius 1 is 1.07 bits per heavy atom. The molecule has 28 heavy (non-hydrogen) atoms. The molecule has 0 unspecified atom stereocenters. The van der Waals surface area contributed by atoms with Crippen LogP contribution in [0.3, 0.4) is 0 Å². The highest BCUT2D eigenvalue weighted by molar-refractivity contribution is 6.22. The summed E-state index contributed by atoms with van der Waals surface area (Å²) >= 11 is 0. The molecule has 0 bridgehead atoms. The van der Waals surface area contributed by atoms with Gasteiger partial charge in [-0.1, -0.05) is 30.3 Å². The van der Waals surface area contributed by atoms with Crippen LogP contribution in [-0.4, -0.2) is 40.6 Å². The highest BCUT2D eigenvalue weighted by Crippen LogP contribution is 2.47. The summed E-state index contributed by atoms with van der Waals surface area (Å²) in [5, 5.41) is 13.7. The van der Waals surface area contributed by atoms with Crippen molar-refractivity contribution in [3.8, 4) is 0 Å². The predicted molar refractivity (Wildman–Crippen MR) is 98.8 cm³/mol. The van der Waals surface area contributed by atoms with E-state index in [0.717, 1.165) is 29.4 Å². The number of carbonyl (C=O) groups excluding carboxylic acids is 3. The van der Waals surface area contributed by atoms with Gasteiger partial charge in [0, 0.05) is 24.1 Å². The minimum Gasteiger partial charge on any atom is -0.354 e. The number of nitrogens with one attached hydrogen (secondary N) is 1. The van der Waals surface area contributed by atoms with Crippen LogP contribution < -0.4 is 5.32 Å². The molecule has 4 rings (SSSR count). The van der Waals surface area contributed by atoms with E-state index in [-0.39, 0.29) is 22.2 Å². The van der Waals surface area contributed by atoms with Gasteiger partial charge in [0.05, 0.1) is 16.1 Å². The molecular weight excluding hydrogens is 362 g/mol. The summed E-state index contributed by atoms with van der Waals surface area (Å²) in [4.78, 5) is 48.3. The summed E-state index contributed by atoms with van der Waals surface area (Å²) in [7, 11) is 0. The fraction of sp³-hybridized carbons (Fsp3) is 0.250. The van der Waals surface area contributed by atoms with Crippen LogP contribution in [-0.2, 0) is 10.2 Å². The Hall–Kier alpha value is -3.55. The van der Waals surface area contributed by atoms with E-state index in [2.05, 4.69) is 5.32 Å². The van der Waals surface area contributed by atoms with Crippen molar-refractivity contribution < 1.29 is 19.3 Å². The number of nitro groups is 1. The molecule has 3 amide bonds. The monoisotopic (exact) mass is 379 g/mol. The van der Waals surface area contributed by atoms with E-state index in [4.69, 9.17) is 0 Å². The van der Waals surface area contributed by atoms with Crippen molar-refractivity contribution in [1.29, 1.82) is 0 Å². The van der Waals surface area contributed by atoms with Crippen molar-refractivity contribution in [2.45, 2.75) is 18.3 Å². The minimum atomic E-state index is -0.692. The average Bonchev–Trinajstić information content (AvgIpc) is 3.47. The summed E-state index contributed by atoms with van der Waals surface area (Å²) in [6.07, 6.45) is 1.93. The number of carbonyl (C=O) groups is 3. The standard InChI is InChI=1S/C20H17N3O5/c24-17(21-12-20(8-9-20)13-4-2-1-3-5-13)11-22-18(25)15-7-6-14(23(27)28)10-16(15)19(22)26/h1-7,10H,8-9,11-12H2,(H,21,24). The third-order valence-electron chi connectivity index (χ3n) is 5.33. The van der Waals surface area contributed by atoms with Gasteiger partial charge in [-0.2, -0.15) is 0 Å². The Morgan fingerprint density at radius 2 is 1.75 bits per heavy atom. The van der Waals surface area contributed by atoms with Gasteiger partial charge in [0.15, 0.2) is 0 Å². The molecule has 8 nitrogen and oxygen atoms in total. The van der Waals surface area contributed by atoms with Crippen LogP contribution in [0.5, 0.6) is 0 Å². The van der Waals surface area contributed by atoms with Crippen LogP contribution in [0.4, 0.5) is 5.69 Å². The average molecular weight is 379 g/mol. The van der Waals surface area contributed by atoms with Crippen LogP contribution in [0.25, 0.3) is 0 Å². The molecule has 2 aromatic rings. The Balaban J connectivity index is 1.42. The molecule has 1 saturated carbocycles. The van der Waals surface area contributed by atoms with E-state index >= 15 is 0 Å². The number of amides is 3. The Bertz CT molecular complexity index is 998. The molecule has 1 aliphatic carbocycles. The van der Waals surface area contributed by atoms with Crippen LogP contribution in [0.1, 0.15) is 39.1 Å². The van der Waals surface area contributed by atoms with Gasteiger partial charge in [0.25, 0.3) is 17.5 Å². The topological polar surface area (TPSA) is 110 Å². The van der Waals surface area contributed by atoms with Gasteiger partial charge >= 0.3 is 0 Å². The minimum absolute atomic E-state index is 0.0463.